The standard InChI is InChI=1S/C6H15N3O2S/c1-5-3-8-4-6(5)9-12(10,11)7-2/h5-9H,3-4H2,1-2H3. The lowest BCUT2D eigenvalue weighted by Gasteiger charge is -2.15. The second-order valence-corrected chi connectivity index (χ2v) is 4.72. The normalized spacial score (nSPS) is 30.8. The quantitative estimate of drug-likeness (QED) is 0.519. The van der Waals surface area contributed by atoms with Crippen LogP contribution in [0.4, 0.5) is 0 Å². The van der Waals surface area contributed by atoms with Gasteiger partial charge in [-0.1, -0.05) is 6.92 Å². The summed E-state index contributed by atoms with van der Waals surface area (Å²) < 4.78 is 26.9. The highest BCUT2D eigenvalue weighted by Gasteiger charge is 2.26. The SMILES string of the molecule is CNS(=O)(=O)NC1CNCC1C. The predicted octanol–water partition coefficient (Wildman–Crippen LogP) is -1.35. The Balaban J connectivity index is 2.51. The van der Waals surface area contributed by atoms with Crippen molar-refractivity contribution in [3.8, 4) is 0 Å². The van der Waals surface area contributed by atoms with E-state index in [1.165, 1.54) is 7.05 Å². The molecule has 0 aromatic rings. The molecule has 1 fully saturated rings. The van der Waals surface area contributed by atoms with E-state index in [-0.39, 0.29) is 6.04 Å². The minimum atomic E-state index is -3.28. The second-order valence-electron chi connectivity index (χ2n) is 3.07. The smallest absolute Gasteiger partial charge is 0.276 e. The van der Waals surface area contributed by atoms with E-state index in [2.05, 4.69) is 14.8 Å². The first-order valence-electron chi connectivity index (χ1n) is 3.96. The molecule has 3 N–H and O–H groups in total. The van der Waals surface area contributed by atoms with Crippen molar-refractivity contribution in [2.24, 2.45) is 5.92 Å². The summed E-state index contributed by atoms with van der Waals surface area (Å²) in [5, 5.41) is 3.11. The number of nitrogens with one attached hydrogen (secondary N) is 3. The molecule has 72 valence electrons. The van der Waals surface area contributed by atoms with E-state index in [4.69, 9.17) is 0 Å². The third-order valence-electron chi connectivity index (χ3n) is 2.09. The minimum absolute atomic E-state index is 0.0162. The Bertz CT molecular complexity index is 239. The zero-order chi connectivity index (χ0) is 9.19. The zero-order valence-electron chi connectivity index (χ0n) is 7.29. The summed E-state index contributed by atoms with van der Waals surface area (Å²) in [6, 6.07) is 0.0162. The van der Waals surface area contributed by atoms with Crippen molar-refractivity contribution in [2.75, 3.05) is 20.1 Å². The Kier molecular flexibility index (Phi) is 3.05. The summed E-state index contributed by atoms with van der Waals surface area (Å²) in [7, 11) is -1.88. The molecule has 1 heterocycles. The number of hydrogen-bond acceptors (Lipinski definition) is 3. The molecule has 0 radical (unpaired) electrons. The van der Waals surface area contributed by atoms with E-state index >= 15 is 0 Å². The zero-order valence-corrected chi connectivity index (χ0v) is 8.11. The lowest BCUT2D eigenvalue weighted by Crippen LogP contribution is -2.44. The van der Waals surface area contributed by atoms with Gasteiger partial charge in [-0.25, -0.2) is 4.72 Å². The monoisotopic (exact) mass is 193 g/mol. The molecule has 0 bridgehead atoms. The molecule has 2 unspecified atom stereocenters. The van der Waals surface area contributed by atoms with E-state index in [1.807, 2.05) is 6.92 Å². The van der Waals surface area contributed by atoms with E-state index in [9.17, 15) is 8.42 Å². The van der Waals surface area contributed by atoms with Crippen LogP contribution in [0, 0.1) is 5.92 Å². The maximum absolute atomic E-state index is 11.1. The van der Waals surface area contributed by atoms with Gasteiger partial charge in [0.05, 0.1) is 0 Å². The number of rotatable bonds is 3. The summed E-state index contributed by atoms with van der Waals surface area (Å²) in [6.45, 7) is 3.60. The molecule has 1 aliphatic rings. The van der Waals surface area contributed by atoms with Gasteiger partial charge < -0.3 is 5.32 Å². The first-order valence-corrected chi connectivity index (χ1v) is 5.45. The van der Waals surface area contributed by atoms with Crippen molar-refractivity contribution < 1.29 is 8.42 Å². The van der Waals surface area contributed by atoms with Crippen LogP contribution >= 0.6 is 0 Å². The van der Waals surface area contributed by atoms with Gasteiger partial charge in [0.15, 0.2) is 0 Å². The van der Waals surface area contributed by atoms with Gasteiger partial charge in [-0.15, -0.1) is 0 Å². The van der Waals surface area contributed by atoms with E-state index < -0.39 is 10.2 Å². The average molecular weight is 193 g/mol. The molecule has 2 atom stereocenters. The summed E-state index contributed by atoms with van der Waals surface area (Å²) in [4.78, 5) is 0. The highest BCUT2D eigenvalue weighted by atomic mass is 32.2. The lowest BCUT2D eigenvalue weighted by molar-refractivity contribution is 0.498. The van der Waals surface area contributed by atoms with Crippen LogP contribution < -0.4 is 14.8 Å². The molecule has 0 amide bonds. The third kappa shape index (κ3) is 2.41. The topological polar surface area (TPSA) is 70.2 Å². The van der Waals surface area contributed by atoms with Crippen LogP contribution in [-0.4, -0.2) is 34.6 Å². The Morgan fingerprint density at radius 2 is 2.08 bits per heavy atom. The van der Waals surface area contributed by atoms with Crippen LogP contribution in [0.2, 0.25) is 0 Å². The molecule has 0 aromatic carbocycles. The highest BCUT2D eigenvalue weighted by molar-refractivity contribution is 7.87. The van der Waals surface area contributed by atoms with Crippen molar-refractivity contribution in [1.82, 2.24) is 14.8 Å². The van der Waals surface area contributed by atoms with Gasteiger partial charge in [0.2, 0.25) is 0 Å². The van der Waals surface area contributed by atoms with Crippen molar-refractivity contribution >= 4 is 10.2 Å². The number of hydrogen-bond donors (Lipinski definition) is 3. The fourth-order valence-electron chi connectivity index (χ4n) is 1.23. The van der Waals surface area contributed by atoms with Gasteiger partial charge in [-0.2, -0.15) is 13.1 Å². The molecule has 1 aliphatic heterocycles. The molecule has 1 saturated heterocycles. The molecule has 12 heavy (non-hydrogen) atoms. The molecule has 0 aromatic heterocycles. The summed E-state index contributed by atoms with van der Waals surface area (Å²) in [5.74, 6) is 0.355. The molecule has 1 rings (SSSR count). The van der Waals surface area contributed by atoms with E-state index in [0.29, 0.717) is 12.5 Å². The van der Waals surface area contributed by atoms with E-state index in [1.54, 1.807) is 0 Å². The lowest BCUT2D eigenvalue weighted by atomic mass is 10.1. The third-order valence-corrected chi connectivity index (χ3v) is 3.24. The average Bonchev–Trinajstić information content (AvgIpc) is 2.36. The molecular weight excluding hydrogens is 178 g/mol. The second kappa shape index (κ2) is 3.69. The maximum atomic E-state index is 11.1. The molecule has 6 heteroatoms. The molecular formula is C6H15N3O2S. The summed E-state index contributed by atoms with van der Waals surface area (Å²) in [5.41, 5.74) is 0. The Labute approximate surface area is 73.1 Å². The molecule has 0 saturated carbocycles. The predicted molar refractivity (Wildman–Crippen MR) is 46.9 cm³/mol. The molecule has 0 spiro atoms. The highest BCUT2D eigenvalue weighted by Crippen LogP contribution is 2.07. The van der Waals surface area contributed by atoms with Gasteiger partial charge >= 0.3 is 0 Å². The van der Waals surface area contributed by atoms with Crippen molar-refractivity contribution in [1.29, 1.82) is 0 Å². The Hall–Kier alpha value is -0.170. The largest absolute Gasteiger partial charge is 0.315 e. The van der Waals surface area contributed by atoms with Crippen LogP contribution in [0.1, 0.15) is 6.92 Å². The molecule has 5 nitrogen and oxygen atoms in total. The summed E-state index contributed by atoms with van der Waals surface area (Å²) >= 11 is 0. The van der Waals surface area contributed by atoms with Gasteiger partial charge in [0, 0.05) is 19.6 Å². The van der Waals surface area contributed by atoms with Gasteiger partial charge in [-0.05, 0) is 12.5 Å². The maximum Gasteiger partial charge on any atom is 0.276 e. The summed E-state index contributed by atoms with van der Waals surface area (Å²) in [6.07, 6.45) is 0. The Morgan fingerprint density at radius 3 is 2.50 bits per heavy atom. The van der Waals surface area contributed by atoms with Crippen LogP contribution in [-0.2, 0) is 10.2 Å². The fraction of sp³-hybridized carbons (Fsp3) is 1.00. The van der Waals surface area contributed by atoms with Crippen molar-refractivity contribution in [3.05, 3.63) is 0 Å². The Morgan fingerprint density at radius 1 is 1.42 bits per heavy atom. The van der Waals surface area contributed by atoms with Crippen molar-refractivity contribution in [3.63, 3.8) is 0 Å². The van der Waals surface area contributed by atoms with Gasteiger partial charge in [-0.3, -0.25) is 0 Å². The fourth-order valence-corrected chi connectivity index (χ4v) is 2.06. The minimum Gasteiger partial charge on any atom is -0.315 e. The first-order chi connectivity index (χ1) is 5.55. The molecule has 0 aliphatic carbocycles. The van der Waals surface area contributed by atoms with Crippen LogP contribution in [0.5, 0.6) is 0 Å². The first kappa shape index (κ1) is 9.91. The van der Waals surface area contributed by atoms with Crippen molar-refractivity contribution in [2.45, 2.75) is 13.0 Å². The van der Waals surface area contributed by atoms with Crippen LogP contribution in [0.3, 0.4) is 0 Å². The van der Waals surface area contributed by atoms with E-state index in [0.717, 1.165) is 6.54 Å². The van der Waals surface area contributed by atoms with Crippen LogP contribution in [0.25, 0.3) is 0 Å². The van der Waals surface area contributed by atoms with Crippen LogP contribution in [0.15, 0.2) is 0 Å². The van der Waals surface area contributed by atoms with Gasteiger partial charge in [0.1, 0.15) is 0 Å². The van der Waals surface area contributed by atoms with Gasteiger partial charge in [0.25, 0.3) is 10.2 Å².